The number of hydrogen-bond acceptors (Lipinski definition) is 3. The highest BCUT2D eigenvalue weighted by molar-refractivity contribution is 5.78. The van der Waals surface area contributed by atoms with Crippen molar-refractivity contribution in [1.29, 1.82) is 0 Å². The molecule has 4 nitrogen and oxygen atoms in total. The summed E-state index contributed by atoms with van der Waals surface area (Å²) >= 11 is 0. The van der Waals surface area contributed by atoms with E-state index in [1.165, 1.54) is 0 Å². The molecule has 0 bridgehead atoms. The van der Waals surface area contributed by atoms with E-state index in [9.17, 15) is 4.79 Å². The Labute approximate surface area is 115 Å². The fourth-order valence-electron chi connectivity index (χ4n) is 1.87. The molecule has 0 saturated heterocycles. The molecule has 106 valence electrons. The largest absolute Gasteiger partial charge is 0.497 e. The summed E-state index contributed by atoms with van der Waals surface area (Å²) in [7, 11) is 1.65. The minimum Gasteiger partial charge on any atom is -0.497 e. The minimum absolute atomic E-state index is 0.0524. The highest BCUT2D eigenvalue weighted by Crippen LogP contribution is 2.11. The standard InChI is InChI=1S/C15H24N2O2/c1-4-13(5-2)17-15(18)11-16-10-12-7-6-8-14(9-12)19-3/h6-9,13,16H,4-5,10-11H2,1-3H3,(H,17,18). The highest BCUT2D eigenvalue weighted by Gasteiger charge is 2.07. The Morgan fingerprint density at radius 1 is 1.32 bits per heavy atom. The number of carbonyl (C=O) groups is 1. The van der Waals surface area contributed by atoms with Gasteiger partial charge in [0.05, 0.1) is 13.7 Å². The first-order chi connectivity index (χ1) is 9.19. The Bertz CT molecular complexity index is 389. The van der Waals surface area contributed by atoms with Crippen LogP contribution in [0.2, 0.25) is 0 Å². The van der Waals surface area contributed by atoms with Crippen LogP contribution < -0.4 is 15.4 Å². The lowest BCUT2D eigenvalue weighted by atomic mass is 10.2. The van der Waals surface area contributed by atoms with Crippen molar-refractivity contribution in [3.8, 4) is 5.75 Å². The summed E-state index contributed by atoms with van der Waals surface area (Å²) < 4.78 is 5.16. The SMILES string of the molecule is CCC(CC)NC(=O)CNCc1cccc(OC)c1. The molecular formula is C15H24N2O2. The maximum atomic E-state index is 11.7. The molecule has 1 rings (SSSR count). The average molecular weight is 264 g/mol. The van der Waals surface area contributed by atoms with Crippen LogP contribution in [0.3, 0.4) is 0 Å². The average Bonchev–Trinajstić information content (AvgIpc) is 2.45. The Balaban J connectivity index is 2.31. The van der Waals surface area contributed by atoms with Gasteiger partial charge in [0.25, 0.3) is 0 Å². The molecule has 0 saturated carbocycles. The van der Waals surface area contributed by atoms with Crippen molar-refractivity contribution in [2.24, 2.45) is 0 Å². The molecule has 0 unspecified atom stereocenters. The molecular weight excluding hydrogens is 240 g/mol. The molecule has 0 aliphatic rings. The minimum atomic E-state index is 0.0524. The molecule has 4 heteroatoms. The fraction of sp³-hybridized carbons (Fsp3) is 0.533. The summed E-state index contributed by atoms with van der Waals surface area (Å²) in [6.45, 7) is 5.16. The van der Waals surface area contributed by atoms with Crippen molar-refractivity contribution in [1.82, 2.24) is 10.6 Å². The van der Waals surface area contributed by atoms with Gasteiger partial charge in [-0.1, -0.05) is 26.0 Å². The number of benzene rings is 1. The number of carbonyl (C=O) groups excluding carboxylic acids is 1. The highest BCUT2D eigenvalue weighted by atomic mass is 16.5. The summed E-state index contributed by atoms with van der Waals surface area (Å²) in [4.78, 5) is 11.7. The lowest BCUT2D eigenvalue weighted by Gasteiger charge is -2.15. The lowest BCUT2D eigenvalue weighted by molar-refractivity contribution is -0.121. The van der Waals surface area contributed by atoms with E-state index >= 15 is 0 Å². The van der Waals surface area contributed by atoms with E-state index in [0.717, 1.165) is 24.2 Å². The topological polar surface area (TPSA) is 50.4 Å². The molecule has 0 fully saturated rings. The Kier molecular flexibility index (Phi) is 6.97. The van der Waals surface area contributed by atoms with Crippen LogP contribution in [0.15, 0.2) is 24.3 Å². The maximum Gasteiger partial charge on any atom is 0.234 e. The van der Waals surface area contributed by atoms with Crippen LogP contribution in [0.4, 0.5) is 0 Å². The zero-order valence-electron chi connectivity index (χ0n) is 12.0. The van der Waals surface area contributed by atoms with Gasteiger partial charge in [0.1, 0.15) is 5.75 Å². The van der Waals surface area contributed by atoms with Crippen molar-refractivity contribution < 1.29 is 9.53 Å². The number of amides is 1. The molecule has 0 atom stereocenters. The van der Waals surface area contributed by atoms with Gasteiger partial charge in [-0.3, -0.25) is 4.79 Å². The molecule has 1 aromatic carbocycles. The van der Waals surface area contributed by atoms with Gasteiger partial charge in [0.15, 0.2) is 0 Å². The Hall–Kier alpha value is -1.55. The van der Waals surface area contributed by atoms with Crippen LogP contribution in [0.5, 0.6) is 5.75 Å². The van der Waals surface area contributed by atoms with Gasteiger partial charge >= 0.3 is 0 Å². The summed E-state index contributed by atoms with van der Waals surface area (Å²) in [5.41, 5.74) is 1.11. The van der Waals surface area contributed by atoms with Crippen molar-refractivity contribution in [2.45, 2.75) is 39.3 Å². The number of hydrogen-bond donors (Lipinski definition) is 2. The molecule has 0 aromatic heterocycles. The first-order valence-corrected chi connectivity index (χ1v) is 6.82. The second kappa shape index (κ2) is 8.53. The second-order valence-electron chi connectivity index (χ2n) is 4.54. The van der Waals surface area contributed by atoms with E-state index in [0.29, 0.717) is 13.1 Å². The van der Waals surface area contributed by atoms with Gasteiger partial charge in [-0.2, -0.15) is 0 Å². The van der Waals surface area contributed by atoms with Crippen LogP contribution in [-0.4, -0.2) is 25.6 Å². The van der Waals surface area contributed by atoms with Crippen LogP contribution in [0.1, 0.15) is 32.3 Å². The molecule has 1 amide bonds. The van der Waals surface area contributed by atoms with Crippen LogP contribution in [-0.2, 0) is 11.3 Å². The molecule has 19 heavy (non-hydrogen) atoms. The number of methoxy groups -OCH3 is 1. The van der Waals surface area contributed by atoms with Gasteiger partial charge in [-0.05, 0) is 30.5 Å². The Morgan fingerprint density at radius 3 is 2.68 bits per heavy atom. The van der Waals surface area contributed by atoms with Gasteiger partial charge in [0, 0.05) is 12.6 Å². The first-order valence-electron chi connectivity index (χ1n) is 6.82. The zero-order valence-corrected chi connectivity index (χ0v) is 12.0. The van der Waals surface area contributed by atoms with E-state index < -0.39 is 0 Å². The summed E-state index contributed by atoms with van der Waals surface area (Å²) in [6, 6.07) is 8.11. The molecule has 2 N–H and O–H groups in total. The van der Waals surface area contributed by atoms with Gasteiger partial charge < -0.3 is 15.4 Å². The van der Waals surface area contributed by atoms with E-state index in [1.807, 2.05) is 24.3 Å². The van der Waals surface area contributed by atoms with Gasteiger partial charge in [-0.15, -0.1) is 0 Å². The van der Waals surface area contributed by atoms with Crippen molar-refractivity contribution in [3.63, 3.8) is 0 Å². The van der Waals surface area contributed by atoms with Crippen LogP contribution in [0, 0.1) is 0 Å². The first kappa shape index (κ1) is 15.5. The van der Waals surface area contributed by atoms with Crippen LogP contribution in [0.25, 0.3) is 0 Å². The molecule has 0 aliphatic carbocycles. The number of nitrogens with one attached hydrogen (secondary N) is 2. The zero-order chi connectivity index (χ0) is 14.1. The summed E-state index contributed by atoms with van der Waals surface area (Å²) in [5.74, 6) is 0.886. The quantitative estimate of drug-likeness (QED) is 0.756. The normalized spacial score (nSPS) is 10.5. The smallest absolute Gasteiger partial charge is 0.234 e. The summed E-state index contributed by atoms with van der Waals surface area (Å²) in [5, 5.41) is 6.14. The number of ether oxygens (including phenoxy) is 1. The second-order valence-corrected chi connectivity index (χ2v) is 4.54. The lowest BCUT2D eigenvalue weighted by Crippen LogP contribution is -2.39. The van der Waals surface area contributed by atoms with E-state index in [1.54, 1.807) is 7.11 Å². The molecule has 0 radical (unpaired) electrons. The van der Waals surface area contributed by atoms with E-state index in [4.69, 9.17) is 4.74 Å². The fourth-order valence-corrected chi connectivity index (χ4v) is 1.87. The van der Waals surface area contributed by atoms with Crippen LogP contribution >= 0.6 is 0 Å². The third-order valence-electron chi connectivity index (χ3n) is 3.10. The third kappa shape index (κ3) is 5.75. The summed E-state index contributed by atoms with van der Waals surface area (Å²) in [6.07, 6.45) is 1.94. The van der Waals surface area contributed by atoms with Gasteiger partial charge in [-0.25, -0.2) is 0 Å². The molecule has 0 heterocycles. The molecule has 0 aliphatic heterocycles. The third-order valence-corrected chi connectivity index (χ3v) is 3.10. The van der Waals surface area contributed by atoms with Gasteiger partial charge in [0.2, 0.25) is 5.91 Å². The maximum absolute atomic E-state index is 11.7. The Morgan fingerprint density at radius 2 is 2.05 bits per heavy atom. The predicted molar refractivity (Wildman–Crippen MR) is 77.2 cm³/mol. The molecule has 1 aromatic rings. The van der Waals surface area contributed by atoms with Crippen molar-refractivity contribution in [3.05, 3.63) is 29.8 Å². The number of rotatable bonds is 8. The molecule has 0 spiro atoms. The predicted octanol–water partition coefficient (Wildman–Crippen LogP) is 2.09. The van der Waals surface area contributed by atoms with E-state index in [2.05, 4.69) is 24.5 Å². The van der Waals surface area contributed by atoms with Crippen molar-refractivity contribution >= 4 is 5.91 Å². The van der Waals surface area contributed by atoms with Crippen molar-refractivity contribution in [2.75, 3.05) is 13.7 Å². The van der Waals surface area contributed by atoms with E-state index in [-0.39, 0.29) is 11.9 Å². The monoisotopic (exact) mass is 264 g/mol.